The number of halogens is 1. The average molecular weight is 459 g/mol. The van der Waals surface area contributed by atoms with E-state index >= 15 is 0 Å². The van der Waals surface area contributed by atoms with Gasteiger partial charge in [0, 0.05) is 30.2 Å². The van der Waals surface area contributed by atoms with Crippen LogP contribution in [0.4, 0.5) is 4.39 Å². The van der Waals surface area contributed by atoms with Crippen LogP contribution in [0.25, 0.3) is 10.9 Å². The van der Waals surface area contributed by atoms with E-state index in [1.54, 1.807) is 19.2 Å². The van der Waals surface area contributed by atoms with Gasteiger partial charge < -0.3 is 14.6 Å². The lowest BCUT2D eigenvalue weighted by atomic mass is 9.86. The highest BCUT2D eigenvalue weighted by Gasteiger charge is 2.22. The fourth-order valence-corrected chi connectivity index (χ4v) is 4.15. The highest BCUT2D eigenvalue weighted by molar-refractivity contribution is 6.05. The molecule has 0 fully saturated rings. The molecule has 176 valence electrons. The Balaban J connectivity index is 1.66. The number of hydrogen-bond acceptors (Lipinski definition) is 2. The van der Waals surface area contributed by atoms with E-state index in [1.165, 1.54) is 17.7 Å². The van der Waals surface area contributed by atoms with Crippen molar-refractivity contribution in [2.75, 3.05) is 13.7 Å². The van der Waals surface area contributed by atoms with Crippen LogP contribution in [-0.2, 0) is 18.4 Å². The van der Waals surface area contributed by atoms with Gasteiger partial charge in [0.1, 0.15) is 11.6 Å². The monoisotopic (exact) mass is 458 g/mol. The zero-order valence-electron chi connectivity index (χ0n) is 20.2. The number of fused-ring (bicyclic) bond motifs is 1. The molecule has 4 aromatic rings. The van der Waals surface area contributed by atoms with Gasteiger partial charge >= 0.3 is 0 Å². The Hall–Kier alpha value is -3.60. The molecule has 1 N–H and O–H groups in total. The zero-order valence-corrected chi connectivity index (χ0v) is 20.2. The maximum Gasteiger partial charge on any atom is 0.256 e. The van der Waals surface area contributed by atoms with Crippen LogP contribution in [0, 0.1) is 5.82 Å². The molecule has 1 heterocycles. The molecule has 0 spiro atoms. The van der Waals surface area contributed by atoms with Crippen molar-refractivity contribution in [1.29, 1.82) is 0 Å². The summed E-state index contributed by atoms with van der Waals surface area (Å²) in [6, 6.07) is 20.4. The van der Waals surface area contributed by atoms with E-state index in [0.29, 0.717) is 25.1 Å². The quantitative estimate of drug-likeness (QED) is 0.344. The summed E-state index contributed by atoms with van der Waals surface area (Å²) in [5, 5.41) is 0.997. The van der Waals surface area contributed by atoms with Crippen molar-refractivity contribution in [3.05, 3.63) is 101 Å². The molecule has 5 heteroatoms. The lowest BCUT2D eigenvalue weighted by Crippen LogP contribution is -2.33. The van der Waals surface area contributed by atoms with Crippen molar-refractivity contribution in [1.82, 2.24) is 9.88 Å². The summed E-state index contributed by atoms with van der Waals surface area (Å²) in [6.07, 6.45) is 2.47. The molecule has 0 aliphatic carbocycles. The second-order valence-corrected chi connectivity index (χ2v) is 9.63. The number of rotatable bonds is 7. The normalized spacial score (nSPS) is 11.6. The fraction of sp³-hybridized carbons (Fsp3) is 0.276. The van der Waals surface area contributed by atoms with Crippen molar-refractivity contribution in [3.8, 4) is 5.75 Å². The molecule has 0 radical (unpaired) electrons. The fourth-order valence-electron chi connectivity index (χ4n) is 4.15. The van der Waals surface area contributed by atoms with E-state index in [2.05, 4.69) is 37.9 Å². The molecule has 0 bridgehead atoms. The second-order valence-electron chi connectivity index (χ2n) is 9.63. The Labute approximate surface area is 200 Å². The predicted molar refractivity (Wildman–Crippen MR) is 135 cm³/mol. The Bertz CT molecular complexity index is 1290. The maximum absolute atomic E-state index is 13.8. The van der Waals surface area contributed by atoms with Gasteiger partial charge in [0.15, 0.2) is 0 Å². The molecule has 1 aromatic heterocycles. The molecule has 34 heavy (non-hydrogen) atoms. The summed E-state index contributed by atoms with van der Waals surface area (Å²) in [4.78, 5) is 18.8. The van der Waals surface area contributed by atoms with Gasteiger partial charge in [-0.05, 0) is 53.3 Å². The molecule has 4 nitrogen and oxygen atoms in total. The molecule has 0 saturated carbocycles. The van der Waals surface area contributed by atoms with Crippen molar-refractivity contribution < 1.29 is 13.9 Å². The van der Waals surface area contributed by atoms with Crippen molar-refractivity contribution in [2.24, 2.45) is 0 Å². The molecule has 0 aliphatic rings. The highest BCUT2D eigenvalue weighted by Crippen LogP contribution is 2.30. The van der Waals surface area contributed by atoms with Crippen LogP contribution in [0.3, 0.4) is 0 Å². The van der Waals surface area contributed by atoms with Gasteiger partial charge in [-0.2, -0.15) is 0 Å². The first kappa shape index (κ1) is 23.6. The van der Waals surface area contributed by atoms with Crippen LogP contribution in [0.2, 0.25) is 0 Å². The number of methoxy groups -OCH3 is 1. The molecule has 0 atom stereocenters. The minimum Gasteiger partial charge on any atom is -0.496 e. The number of H-pyrrole nitrogens is 1. The summed E-state index contributed by atoms with van der Waals surface area (Å²) in [5.41, 5.74) is 4.55. The minimum atomic E-state index is -0.265. The summed E-state index contributed by atoms with van der Waals surface area (Å²) in [5.74, 6) is 0.445. The molecule has 1 amide bonds. The third kappa shape index (κ3) is 5.14. The van der Waals surface area contributed by atoms with Gasteiger partial charge in [0.2, 0.25) is 0 Å². The average Bonchev–Trinajstić information content (AvgIpc) is 3.31. The molecular formula is C29H31FN2O2. The van der Waals surface area contributed by atoms with Crippen LogP contribution in [0.5, 0.6) is 5.75 Å². The predicted octanol–water partition coefficient (Wildman–Crippen LogP) is 6.50. The third-order valence-corrected chi connectivity index (χ3v) is 6.20. The third-order valence-electron chi connectivity index (χ3n) is 6.20. The summed E-state index contributed by atoms with van der Waals surface area (Å²) in [6.45, 7) is 7.39. The first-order chi connectivity index (χ1) is 16.3. The number of nitrogens with zero attached hydrogens (tertiary/aromatic N) is 1. The van der Waals surface area contributed by atoms with Gasteiger partial charge in [0.05, 0.1) is 18.2 Å². The standard InChI is InChI=1S/C29H31FN2O2/c1-29(2,3)23-11-10-22(26(18-23)34-4)19-32(17-15-20-8-12-24(30)13-9-20)28(33)25-7-5-6-21-14-16-31-27(21)25/h5-14,16,18,31H,15,17,19H2,1-4H3. The molecule has 4 rings (SSSR count). The van der Waals surface area contributed by atoms with Gasteiger partial charge in [-0.3, -0.25) is 4.79 Å². The maximum atomic E-state index is 13.8. The van der Waals surface area contributed by atoms with E-state index in [4.69, 9.17) is 4.74 Å². The Morgan fingerprint density at radius 3 is 2.50 bits per heavy atom. The lowest BCUT2D eigenvalue weighted by Gasteiger charge is -2.26. The van der Waals surface area contributed by atoms with Crippen LogP contribution in [0.1, 0.15) is 47.8 Å². The van der Waals surface area contributed by atoms with E-state index < -0.39 is 0 Å². The smallest absolute Gasteiger partial charge is 0.256 e. The second kappa shape index (κ2) is 9.72. The van der Waals surface area contributed by atoms with E-state index in [9.17, 15) is 9.18 Å². The Morgan fingerprint density at radius 2 is 1.79 bits per heavy atom. The van der Waals surface area contributed by atoms with Crippen LogP contribution in [0.15, 0.2) is 72.9 Å². The summed E-state index contributed by atoms with van der Waals surface area (Å²) < 4.78 is 19.1. The number of nitrogens with one attached hydrogen (secondary N) is 1. The van der Waals surface area contributed by atoms with E-state index in [0.717, 1.165) is 27.8 Å². The van der Waals surface area contributed by atoms with Crippen LogP contribution >= 0.6 is 0 Å². The highest BCUT2D eigenvalue weighted by atomic mass is 19.1. The number of hydrogen-bond donors (Lipinski definition) is 1. The lowest BCUT2D eigenvalue weighted by molar-refractivity contribution is 0.0745. The first-order valence-corrected chi connectivity index (χ1v) is 11.5. The number of ether oxygens (including phenoxy) is 1. The number of para-hydroxylation sites is 1. The van der Waals surface area contributed by atoms with Gasteiger partial charge in [-0.1, -0.05) is 57.2 Å². The van der Waals surface area contributed by atoms with Crippen molar-refractivity contribution >= 4 is 16.8 Å². The van der Waals surface area contributed by atoms with E-state index in [-0.39, 0.29) is 17.1 Å². The van der Waals surface area contributed by atoms with Crippen molar-refractivity contribution in [3.63, 3.8) is 0 Å². The summed E-state index contributed by atoms with van der Waals surface area (Å²) >= 11 is 0. The van der Waals surface area contributed by atoms with Gasteiger partial charge in [-0.15, -0.1) is 0 Å². The Morgan fingerprint density at radius 1 is 1.03 bits per heavy atom. The Kier molecular flexibility index (Phi) is 6.73. The molecule has 3 aromatic carbocycles. The van der Waals surface area contributed by atoms with Gasteiger partial charge in [-0.25, -0.2) is 4.39 Å². The SMILES string of the molecule is COc1cc(C(C)(C)C)ccc1CN(CCc1ccc(F)cc1)C(=O)c1cccc2cc[nH]c12. The summed E-state index contributed by atoms with van der Waals surface area (Å²) in [7, 11) is 1.66. The number of amides is 1. The number of carbonyl (C=O) groups excluding carboxylic acids is 1. The van der Waals surface area contributed by atoms with Crippen LogP contribution < -0.4 is 4.74 Å². The minimum absolute atomic E-state index is 0.00678. The number of benzene rings is 3. The number of carbonyl (C=O) groups is 1. The van der Waals surface area contributed by atoms with Gasteiger partial charge in [0.25, 0.3) is 5.91 Å². The zero-order chi connectivity index (χ0) is 24.3. The van der Waals surface area contributed by atoms with Crippen molar-refractivity contribution in [2.45, 2.75) is 39.2 Å². The number of aromatic nitrogens is 1. The molecule has 0 unspecified atom stereocenters. The molecule has 0 aliphatic heterocycles. The number of aromatic amines is 1. The van der Waals surface area contributed by atoms with E-state index in [1.807, 2.05) is 41.4 Å². The van der Waals surface area contributed by atoms with Crippen LogP contribution in [-0.4, -0.2) is 29.4 Å². The molecular weight excluding hydrogens is 427 g/mol. The first-order valence-electron chi connectivity index (χ1n) is 11.5. The molecule has 0 saturated heterocycles. The largest absolute Gasteiger partial charge is 0.496 e. The topological polar surface area (TPSA) is 45.3 Å².